The maximum absolute atomic E-state index is 11.1. The van der Waals surface area contributed by atoms with Gasteiger partial charge in [-0.3, -0.25) is 4.79 Å². The van der Waals surface area contributed by atoms with E-state index in [1.165, 1.54) is 7.11 Å². The minimum Gasteiger partial charge on any atom is -0.469 e. The van der Waals surface area contributed by atoms with Gasteiger partial charge < -0.3 is 20.1 Å². The first kappa shape index (κ1) is 23.9. The SMILES string of the molecule is CCCCC[C@](C)(O)C=CC1C(O)CC(O)C1CC=CCCCC(=O)OC. The highest BCUT2D eigenvalue weighted by atomic mass is 16.5. The van der Waals surface area contributed by atoms with E-state index in [-0.39, 0.29) is 17.8 Å². The summed E-state index contributed by atoms with van der Waals surface area (Å²) < 4.78 is 4.61. The normalized spacial score (nSPS) is 28.1. The average Bonchev–Trinajstić information content (AvgIpc) is 2.89. The Morgan fingerprint density at radius 2 is 1.93 bits per heavy atom. The van der Waals surface area contributed by atoms with Gasteiger partial charge >= 0.3 is 5.97 Å². The second-order valence-electron chi connectivity index (χ2n) is 7.96. The molecule has 5 nitrogen and oxygen atoms in total. The number of carbonyl (C=O) groups excluding carboxylic acids is 1. The fraction of sp³-hybridized carbons (Fsp3) is 0.773. The van der Waals surface area contributed by atoms with Crippen molar-refractivity contribution in [2.45, 2.75) is 89.4 Å². The monoisotopic (exact) mass is 382 g/mol. The van der Waals surface area contributed by atoms with Crippen LogP contribution in [-0.4, -0.2) is 46.2 Å². The first-order chi connectivity index (χ1) is 12.8. The van der Waals surface area contributed by atoms with Crippen molar-refractivity contribution in [2.75, 3.05) is 7.11 Å². The first-order valence-electron chi connectivity index (χ1n) is 10.3. The molecule has 1 rings (SSSR count). The number of hydrogen-bond acceptors (Lipinski definition) is 5. The lowest BCUT2D eigenvalue weighted by molar-refractivity contribution is -0.140. The van der Waals surface area contributed by atoms with Gasteiger partial charge in [-0.1, -0.05) is 50.5 Å². The summed E-state index contributed by atoms with van der Waals surface area (Å²) >= 11 is 0. The van der Waals surface area contributed by atoms with Crippen LogP contribution in [0.3, 0.4) is 0 Å². The molecule has 0 heterocycles. The molecule has 1 fully saturated rings. The van der Waals surface area contributed by atoms with Crippen LogP contribution in [0.25, 0.3) is 0 Å². The molecule has 156 valence electrons. The number of hydrogen-bond donors (Lipinski definition) is 3. The molecule has 0 aromatic heterocycles. The zero-order valence-corrected chi connectivity index (χ0v) is 17.1. The Balaban J connectivity index is 2.54. The third-order valence-electron chi connectivity index (χ3n) is 5.43. The Bertz CT molecular complexity index is 483. The van der Waals surface area contributed by atoms with Crippen LogP contribution >= 0.6 is 0 Å². The highest BCUT2D eigenvalue weighted by molar-refractivity contribution is 5.69. The molecule has 1 aliphatic rings. The van der Waals surface area contributed by atoms with Gasteiger partial charge in [-0.15, -0.1) is 0 Å². The third kappa shape index (κ3) is 9.04. The molecule has 5 heteroatoms. The highest BCUT2D eigenvalue weighted by Gasteiger charge is 2.39. The number of esters is 1. The van der Waals surface area contributed by atoms with Gasteiger partial charge in [0.25, 0.3) is 0 Å². The number of carbonyl (C=O) groups is 1. The lowest BCUT2D eigenvalue weighted by Crippen LogP contribution is -2.24. The molecule has 4 unspecified atom stereocenters. The molecule has 0 aromatic rings. The van der Waals surface area contributed by atoms with Crippen LogP contribution in [0.1, 0.15) is 71.6 Å². The van der Waals surface area contributed by atoms with Crippen molar-refractivity contribution in [3.05, 3.63) is 24.3 Å². The molecule has 5 atom stereocenters. The van der Waals surface area contributed by atoms with Gasteiger partial charge in [-0.25, -0.2) is 0 Å². The summed E-state index contributed by atoms with van der Waals surface area (Å²) in [5.41, 5.74) is -0.878. The smallest absolute Gasteiger partial charge is 0.305 e. The van der Waals surface area contributed by atoms with Crippen molar-refractivity contribution in [3.63, 3.8) is 0 Å². The van der Waals surface area contributed by atoms with Crippen LogP contribution < -0.4 is 0 Å². The molecule has 0 bridgehead atoms. The topological polar surface area (TPSA) is 87.0 Å². The molecule has 0 radical (unpaired) electrons. The molecule has 1 aliphatic carbocycles. The van der Waals surface area contributed by atoms with Crippen LogP contribution in [0.15, 0.2) is 24.3 Å². The van der Waals surface area contributed by atoms with E-state index in [0.717, 1.165) is 32.1 Å². The van der Waals surface area contributed by atoms with E-state index in [9.17, 15) is 20.1 Å². The van der Waals surface area contributed by atoms with E-state index in [4.69, 9.17) is 0 Å². The molecule has 3 N–H and O–H groups in total. The number of allylic oxidation sites excluding steroid dienone is 2. The van der Waals surface area contributed by atoms with E-state index >= 15 is 0 Å². The van der Waals surface area contributed by atoms with Crippen LogP contribution in [0, 0.1) is 11.8 Å². The fourth-order valence-electron chi connectivity index (χ4n) is 3.68. The second kappa shape index (κ2) is 12.3. The number of methoxy groups -OCH3 is 1. The summed E-state index contributed by atoms with van der Waals surface area (Å²) in [5, 5.41) is 31.1. The quantitative estimate of drug-likeness (QED) is 0.273. The van der Waals surface area contributed by atoms with E-state index in [0.29, 0.717) is 25.7 Å². The summed E-state index contributed by atoms with van der Waals surface area (Å²) in [7, 11) is 1.39. The van der Waals surface area contributed by atoms with Crippen molar-refractivity contribution in [2.24, 2.45) is 11.8 Å². The predicted molar refractivity (Wildman–Crippen MR) is 107 cm³/mol. The molecule has 0 spiro atoms. The number of rotatable bonds is 12. The summed E-state index contributed by atoms with van der Waals surface area (Å²) in [5.74, 6) is -0.411. The largest absolute Gasteiger partial charge is 0.469 e. The zero-order valence-electron chi connectivity index (χ0n) is 17.1. The summed E-state index contributed by atoms with van der Waals surface area (Å²) in [4.78, 5) is 11.1. The number of ether oxygens (including phenoxy) is 1. The van der Waals surface area contributed by atoms with Crippen LogP contribution in [0.4, 0.5) is 0 Å². The Morgan fingerprint density at radius 3 is 2.59 bits per heavy atom. The third-order valence-corrected chi connectivity index (χ3v) is 5.43. The maximum atomic E-state index is 11.1. The minimum absolute atomic E-state index is 0.0560. The second-order valence-corrected chi connectivity index (χ2v) is 7.96. The Kier molecular flexibility index (Phi) is 10.9. The molecule has 0 aromatic carbocycles. The number of aliphatic hydroxyl groups is 3. The Morgan fingerprint density at radius 1 is 1.19 bits per heavy atom. The highest BCUT2D eigenvalue weighted by Crippen LogP contribution is 2.37. The Labute approximate surface area is 164 Å². The molecular formula is C22H38O5. The minimum atomic E-state index is -0.878. The van der Waals surface area contributed by atoms with Crippen molar-refractivity contribution in [1.29, 1.82) is 0 Å². The van der Waals surface area contributed by atoms with Gasteiger partial charge in [0.2, 0.25) is 0 Å². The van der Waals surface area contributed by atoms with E-state index < -0.39 is 17.8 Å². The fourth-order valence-corrected chi connectivity index (χ4v) is 3.68. The van der Waals surface area contributed by atoms with Gasteiger partial charge in [0.1, 0.15) is 0 Å². The molecule has 27 heavy (non-hydrogen) atoms. The van der Waals surface area contributed by atoms with E-state index in [1.54, 1.807) is 13.0 Å². The van der Waals surface area contributed by atoms with Gasteiger partial charge in [0.15, 0.2) is 0 Å². The van der Waals surface area contributed by atoms with Crippen molar-refractivity contribution in [1.82, 2.24) is 0 Å². The van der Waals surface area contributed by atoms with Crippen LogP contribution in [0.2, 0.25) is 0 Å². The number of aliphatic hydroxyl groups excluding tert-OH is 2. The molecule has 0 amide bonds. The van der Waals surface area contributed by atoms with Gasteiger partial charge in [0, 0.05) is 18.8 Å². The van der Waals surface area contributed by atoms with Gasteiger partial charge in [0.05, 0.1) is 24.9 Å². The van der Waals surface area contributed by atoms with Gasteiger partial charge in [-0.05, 0) is 38.5 Å². The molecule has 0 saturated heterocycles. The lowest BCUT2D eigenvalue weighted by atomic mass is 9.88. The molecule has 1 saturated carbocycles. The van der Waals surface area contributed by atoms with E-state index in [1.807, 2.05) is 18.2 Å². The Hall–Kier alpha value is -1.17. The van der Waals surface area contributed by atoms with Crippen LogP contribution in [0.5, 0.6) is 0 Å². The van der Waals surface area contributed by atoms with Crippen molar-refractivity contribution >= 4 is 5.97 Å². The zero-order chi connectivity index (χ0) is 20.3. The molecule has 0 aliphatic heterocycles. The van der Waals surface area contributed by atoms with Crippen molar-refractivity contribution < 1.29 is 24.9 Å². The average molecular weight is 383 g/mol. The maximum Gasteiger partial charge on any atom is 0.305 e. The first-order valence-corrected chi connectivity index (χ1v) is 10.3. The van der Waals surface area contributed by atoms with Gasteiger partial charge in [-0.2, -0.15) is 0 Å². The van der Waals surface area contributed by atoms with Crippen molar-refractivity contribution in [3.8, 4) is 0 Å². The summed E-state index contributed by atoms with van der Waals surface area (Å²) in [6.45, 7) is 3.93. The predicted octanol–water partition coefficient (Wildman–Crippen LogP) is 3.52. The number of unbranched alkanes of at least 4 members (excludes halogenated alkanes) is 3. The molecular weight excluding hydrogens is 344 g/mol. The van der Waals surface area contributed by atoms with E-state index in [2.05, 4.69) is 11.7 Å². The summed E-state index contributed by atoms with van der Waals surface area (Å²) in [6, 6.07) is 0. The van der Waals surface area contributed by atoms with Crippen LogP contribution in [-0.2, 0) is 9.53 Å². The standard InChI is InChI=1S/C22H38O5/c1-4-5-10-14-22(2,26)15-13-18-17(19(23)16-20(18)24)11-8-6-7-9-12-21(25)27-3/h6,8,13,15,17-20,23-24,26H,4-5,7,9-12,14,16H2,1-3H3/t17?,18?,19?,20?,22-/m0/s1. The summed E-state index contributed by atoms with van der Waals surface area (Å²) in [6.07, 6.45) is 13.4. The lowest BCUT2D eigenvalue weighted by Gasteiger charge is -2.23.